The number of carbonyl (C=O) groups is 1. The molecule has 0 aromatic heterocycles. The summed E-state index contributed by atoms with van der Waals surface area (Å²) in [5.74, 6) is 0.769. The molecule has 0 radical (unpaired) electrons. The third-order valence-corrected chi connectivity index (χ3v) is 5.39. The maximum Gasteiger partial charge on any atom is 0.236 e. The second-order valence-corrected chi connectivity index (χ2v) is 7.69. The molecule has 3 unspecified atom stereocenters. The topological polar surface area (TPSA) is 70.8 Å². The van der Waals surface area contributed by atoms with Crippen molar-refractivity contribution >= 4 is 5.91 Å². The Morgan fingerprint density at radius 2 is 1.96 bits per heavy atom. The largest absolute Gasteiger partial charge is 0.393 e. The highest BCUT2D eigenvalue weighted by atomic mass is 16.3. The van der Waals surface area contributed by atoms with Crippen molar-refractivity contribution in [2.45, 2.75) is 45.3 Å². The van der Waals surface area contributed by atoms with Gasteiger partial charge in [0.05, 0.1) is 18.7 Å². The van der Waals surface area contributed by atoms with Crippen molar-refractivity contribution in [1.82, 2.24) is 14.7 Å². The molecule has 1 N–H and O–H groups in total. The standard InChI is InChI=1S/C18H32N4O2/c1-14(2)16(11-19)21-7-9-22(10-8-21)18(24)13-20(3)12-15-5-4-6-17(15)23/h14-17,23H,4-10,12-13H2,1-3H3. The highest BCUT2D eigenvalue weighted by Gasteiger charge is 2.29. The first-order chi connectivity index (χ1) is 11.4. The molecule has 6 heteroatoms. The van der Waals surface area contributed by atoms with Gasteiger partial charge in [0.25, 0.3) is 0 Å². The van der Waals surface area contributed by atoms with Gasteiger partial charge in [0, 0.05) is 32.7 Å². The van der Waals surface area contributed by atoms with E-state index >= 15 is 0 Å². The second-order valence-electron chi connectivity index (χ2n) is 7.69. The van der Waals surface area contributed by atoms with Crippen molar-refractivity contribution < 1.29 is 9.90 Å². The lowest BCUT2D eigenvalue weighted by Gasteiger charge is -2.38. The minimum atomic E-state index is -0.204. The summed E-state index contributed by atoms with van der Waals surface area (Å²) in [6.45, 7) is 8.27. The summed E-state index contributed by atoms with van der Waals surface area (Å²) in [7, 11) is 1.96. The van der Waals surface area contributed by atoms with Gasteiger partial charge in [-0.2, -0.15) is 5.26 Å². The van der Waals surface area contributed by atoms with Crippen LogP contribution in [0.15, 0.2) is 0 Å². The van der Waals surface area contributed by atoms with Crippen LogP contribution in [-0.2, 0) is 4.79 Å². The molecule has 1 saturated heterocycles. The van der Waals surface area contributed by atoms with E-state index in [1.54, 1.807) is 0 Å². The van der Waals surface area contributed by atoms with Crippen LogP contribution in [0.1, 0.15) is 33.1 Å². The predicted molar refractivity (Wildman–Crippen MR) is 93.2 cm³/mol. The van der Waals surface area contributed by atoms with E-state index in [-0.39, 0.29) is 18.1 Å². The minimum Gasteiger partial charge on any atom is -0.393 e. The SMILES string of the molecule is CC(C)C(C#N)N1CCN(C(=O)CN(C)CC2CCCC2O)CC1. The van der Waals surface area contributed by atoms with E-state index in [0.29, 0.717) is 31.5 Å². The van der Waals surface area contributed by atoms with E-state index in [1.165, 1.54) is 0 Å². The number of hydrogen-bond acceptors (Lipinski definition) is 5. The molecule has 0 aromatic rings. The first-order valence-electron chi connectivity index (χ1n) is 9.20. The molecule has 24 heavy (non-hydrogen) atoms. The molecule has 1 amide bonds. The van der Waals surface area contributed by atoms with Gasteiger partial charge in [-0.05, 0) is 31.7 Å². The molecule has 6 nitrogen and oxygen atoms in total. The van der Waals surface area contributed by atoms with E-state index in [9.17, 15) is 15.2 Å². The zero-order valence-electron chi connectivity index (χ0n) is 15.3. The number of hydrogen-bond donors (Lipinski definition) is 1. The average molecular weight is 336 g/mol. The van der Waals surface area contributed by atoms with Crippen LogP contribution < -0.4 is 0 Å². The number of carbonyl (C=O) groups excluding carboxylic acids is 1. The molecule has 2 fully saturated rings. The minimum absolute atomic E-state index is 0.0613. The number of likely N-dealkylation sites (N-methyl/N-ethyl adjacent to an activating group) is 1. The number of nitrogens with zero attached hydrogens (tertiary/aromatic N) is 4. The molecule has 3 atom stereocenters. The predicted octanol–water partition coefficient (Wildman–Crippen LogP) is 0.772. The van der Waals surface area contributed by atoms with Gasteiger partial charge in [-0.3, -0.25) is 14.6 Å². The molecule has 1 heterocycles. The molecule has 0 spiro atoms. The van der Waals surface area contributed by atoms with Crippen LogP contribution in [-0.4, -0.2) is 84.2 Å². The molecular formula is C18H32N4O2. The number of aliphatic hydroxyl groups is 1. The van der Waals surface area contributed by atoms with Gasteiger partial charge in [-0.15, -0.1) is 0 Å². The van der Waals surface area contributed by atoms with Crippen molar-refractivity contribution in [1.29, 1.82) is 5.26 Å². The zero-order chi connectivity index (χ0) is 17.7. The normalized spacial score (nSPS) is 26.8. The van der Waals surface area contributed by atoms with Gasteiger partial charge < -0.3 is 10.0 Å². The van der Waals surface area contributed by atoms with Gasteiger partial charge in [0.1, 0.15) is 6.04 Å². The second kappa shape index (κ2) is 8.80. The van der Waals surface area contributed by atoms with Crippen molar-refractivity contribution in [3.63, 3.8) is 0 Å². The molecular weight excluding hydrogens is 304 g/mol. The van der Waals surface area contributed by atoms with Crippen molar-refractivity contribution in [3.05, 3.63) is 0 Å². The quantitative estimate of drug-likeness (QED) is 0.776. The maximum absolute atomic E-state index is 12.5. The molecule has 1 aliphatic heterocycles. The third kappa shape index (κ3) is 4.92. The molecule has 0 aromatic carbocycles. The van der Waals surface area contributed by atoms with Crippen LogP contribution in [0.25, 0.3) is 0 Å². The Bertz CT molecular complexity index is 454. The number of piperazine rings is 1. The molecule has 2 rings (SSSR count). The Balaban J connectivity index is 1.75. The summed E-state index contributed by atoms with van der Waals surface area (Å²) >= 11 is 0. The molecule has 136 valence electrons. The van der Waals surface area contributed by atoms with E-state index in [0.717, 1.165) is 38.9 Å². The Hall–Kier alpha value is -1.16. The van der Waals surface area contributed by atoms with Gasteiger partial charge >= 0.3 is 0 Å². The highest BCUT2D eigenvalue weighted by molar-refractivity contribution is 5.78. The third-order valence-electron chi connectivity index (χ3n) is 5.39. The Labute approximate surface area is 146 Å². The number of nitriles is 1. The number of rotatable bonds is 6. The van der Waals surface area contributed by atoms with Crippen molar-refractivity contribution in [3.8, 4) is 6.07 Å². The summed E-state index contributed by atoms with van der Waals surface area (Å²) in [5, 5.41) is 19.2. The summed E-state index contributed by atoms with van der Waals surface area (Å²) < 4.78 is 0. The lowest BCUT2D eigenvalue weighted by atomic mass is 10.0. The molecule has 2 aliphatic rings. The fourth-order valence-electron chi connectivity index (χ4n) is 3.93. The van der Waals surface area contributed by atoms with E-state index in [2.05, 4.69) is 24.8 Å². The Morgan fingerprint density at radius 3 is 2.46 bits per heavy atom. The van der Waals surface area contributed by atoms with E-state index < -0.39 is 0 Å². The lowest BCUT2D eigenvalue weighted by molar-refractivity contribution is -0.134. The Morgan fingerprint density at radius 1 is 1.29 bits per heavy atom. The van der Waals surface area contributed by atoms with Crippen LogP contribution in [0.5, 0.6) is 0 Å². The first kappa shape index (κ1) is 19.2. The smallest absolute Gasteiger partial charge is 0.236 e. The molecule has 0 bridgehead atoms. The van der Waals surface area contributed by atoms with Gasteiger partial charge in [0.15, 0.2) is 0 Å². The summed E-state index contributed by atoms with van der Waals surface area (Å²) in [5.41, 5.74) is 0. The summed E-state index contributed by atoms with van der Waals surface area (Å²) in [6.07, 6.45) is 2.84. The lowest BCUT2D eigenvalue weighted by Crippen LogP contribution is -2.54. The van der Waals surface area contributed by atoms with Gasteiger partial charge in [-0.25, -0.2) is 0 Å². The van der Waals surface area contributed by atoms with Crippen LogP contribution in [0, 0.1) is 23.2 Å². The van der Waals surface area contributed by atoms with Crippen molar-refractivity contribution in [2.24, 2.45) is 11.8 Å². The van der Waals surface area contributed by atoms with E-state index in [4.69, 9.17) is 0 Å². The number of amides is 1. The maximum atomic E-state index is 12.5. The molecule has 1 aliphatic carbocycles. The average Bonchev–Trinajstić information content (AvgIpc) is 2.93. The fraction of sp³-hybridized carbons (Fsp3) is 0.889. The van der Waals surface area contributed by atoms with Crippen LogP contribution in [0.2, 0.25) is 0 Å². The Kier molecular flexibility index (Phi) is 7.02. The highest BCUT2D eigenvalue weighted by Crippen LogP contribution is 2.26. The molecule has 1 saturated carbocycles. The first-order valence-corrected chi connectivity index (χ1v) is 9.20. The van der Waals surface area contributed by atoms with Gasteiger partial charge in [0.2, 0.25) is 5.91 Å². The van der Waals surface area contributed by atoms with Crippen LogP contribution in [0.3, 0.4) is 0 Å². The van der Waals surface area contributed by atoms with Crippen LogP contribution >= 0.6 is 0 Å². The van der Waals surface area contributed by atoms with Crippen molar-refractivity contribution in [2.75, 3.05) is 46.3 Å². The zero-order valence-corrected chi connectivity index (χ0v) is 15.3. The summed E-state index contributed by atoms with van der Waals surface area (Å²) in [4.78, 5) is 18.6. The van der Waals surface area contributed by atoms with Crippen LogP contribution in [0.4, 0.5) is 0 Å². The van der Waals surface area contributed by atoms with Gasteiger partial charge in [-0.1, -0.05) is 20.3 Å². The fourth-order valence-corrected chi connectivity index (χ4v) is 3.93. The number of aliphatic hydroxyl groups excluding tert-OH is 1. The van der Waals surface area contributed by atoms with E-state index in [1.807, 2.05) is 16.8 Å². The monoisotopic (exact) mass is 336 g/mol. The summed E-state index contributed by atoms with van der Waals surface area (Å²) in [6, 6.07) is 2.32.